The number of carbonyl (C=O) groups excluding carboxylic acids is 1. The van der Waals surface area contributed by atoms with Crippen molar-refractivity contribution < 1.29 is 9.18 Å². The van der Waals surface area contributed by atoms with Crippen LogP contribution < -0.4 is 16.0 Å². The van der Waals surface area contributed by atoms with Crippen molar-refractivity contribution in [3.63, 3.8) is 0 Å². The molecule has 7 heteroatoms. The van der Waals surface area contributed by atoms with Gasteiger partial charge in [0.15, 0.2) is 5.96 Å². The zero-order valence-corrected chi connectivity index (χ0v) is 17.0. The summed E-state index contributed by atoms with van der Waals surface area (Å²) in [6.45, 7) is 1.56. The molecule has 0 saturated heterocycles. The maximum atomic E-state index is 13.6. The Hall–Kier alpha value is -2.16. The Balaban J connectivity index is 0.00000338. The van der Waals surface area contributed by atoms with Crippen LogP contribution in [0.1, 0.15) is 22.3 Å². The number of amides is 1. The van der Waals surface area contributed by atoms with Gasteiger partial charge in [0.05, 0.1) is 0 Å². The van der Waals surface area contributed by atoms with Crippen molar-refractivity contribution in [2.45, 2.75) is 13.0 Å². The van der Waals surface area contributed by atoms with E-state index in [4.69, 9.17) is 0 Å². The fourth-order valence-electron chi connectivity index (χ4n) is 2.23. The molecule has 0 aliphatic carbocycles. The second kappa shape index (κ2) is 12.2. The maximum absolute atomic E-state index is 13.6. The number of hydrogen-bond donors (Lipinski definition) is 3. The first kappa shape index (κ1) is 21.9. The van der Waals surface area contributed by atoms with E-state index in [9.17, 15) is 9.18 Å². The number of carbonyl (C=O) groups is 1. The van der Waals surface area contributed by atoms with Gasteiger partial charge in [-0.1, -0.05) is 36.4 Å². The Morgan fingerprint density at radius 3 is 2.31 bits per heavy atom. The molecule has 0 heterocycles. The summed E-state index contributed by atoms with van der Waals surface area (Å²) in [5, 5.41) is 9.07. The van der Waals surface area contributed by atoms with E-state index in [-0.39, 0.29) is 35.7 Å². The monoisotopic (exact) mass is 470 g/mol. The summed E-state index contributed by atoms with van der Waals surface area (Å²) in [7, 11) is 1.66. The Labute approximate surface area is 170 Å². The molecule has 2 aromatic carbocycles. The van der Waals surface area contributed by atoms with Gasteiger partial charge in [0, 0.05) is 37.8 Å². The predicted molar refractivity (Wildman–Crippen MR) is 113 cm³/mol. The quantitative estimate of drug-likeness (QED) is 0.253. The van der Waals surface area contributed by atoms with E-state index < -0.39 is 0 Å². The van der Waals surface area contributed by atoms with Gasteiger partial charge in [-0.2, -0.15) is 0 Å². The number of aliphatic imine (C=N–C) groups is 1. The number of nitrogens with zero attached hydrogens (tertiary/aromatic N) is 1. The number of benzene rings is 2. The van der Waals surface area contributed by atoms with Crippen molar-refractivity contribution in [1.29, 1.82) is 0 Å². The van der Waals surface area contributed by atoms with Crippen LogP contribution in [0.2, 0.25) is 0 Å². The molecule has 26 heavy (non-hydrogen) atoms. The molecule has 2 aromatic rings. The molecule has 0 fully saturated rings. The molecule has 0 aliphatic rings. The van der Waals surface area contributed by atoms with Gasteiger partial charge < -0.3 is 16.0 Å². The summed E-state index contributed by atoms with van der Waals surface area (Å²) < 4.78 is 13.6. The lowest BCUT2D eigenvalue weighted by Crippen LogP contribution is -2.38. The number of hydrogen-bond acceptors (Lipinski definition) is 2. The SMILES string of the molecule is CN=C(NCCCNC(=O)c1ccccc1)NCc1ccccc1F.I. The standard InChI is InChI=1S/C19H23FN4O.HI/c1-21-19(24-14-16-10-5-6-11-17(16)20)23-13-7-12-22-18(25)15-8-3-2-4-9-15;/h2-6,8-11H,7,12-14H2,1H3,(H,22,25)(H2,21,23,24);1H. The van der Waals surface area contributed by atoms with Crippen LogP contribution >= 0.6 is 24.0 Å². The summed E-state index contributed by atoms with van der Waals surface area (Å²) in [5.41, 5.74) is 1.23. The van der Waals surface area contributed by atoms with E-state index in [2.05, 4.69) is 20.9 Å². The van der Waals surface area contributed by atoms with Crippen LogP contribution in [-0.2, 0) is 6.54 Å². The van der Waals surface area contributed by atoms with E-state index in [0.29, 0.717) is 36.7 Å². The van der Waals surface area contributed by atoms with Crippen LogP contribution in [0, 0.1) is 5.82 Å². The van der Waals surface area contributed by atoms with Crippen molar-refractivity contribution in [3.8, 4) is 0 Å². The summed E-state index contributed by atoms with van der Waals surface area (Å²) in [5.74, 6) is 0.273. The van der Waals surface area contributed by atoms with Gasteiger partial charge in [-0.15, -0.1) is 24.0 Å². The molecule has 5 nitrogen and oxygen atoms in total. The normalized spacial score (nSPS) is 10.6. The Bertz CT molecular complexity index is 710. The molecule has 0 saturated carbocycles. The molecule has 0 radical (unpaired) electrons. The average molecular weight is 470 g/mol. The molecule has 0 aromatic heterocycles. The van der Waals surface area contributed by atoms with Crippen molar-refractivity contribution in [2.24, 2.45) is 4.99 Å². The number of halogens is 2. The van der Waals surface area contributed by atoms with E-state index in [1.165, 1.54) is 6.07 Å². The zero-order valence-electron chi connectivity index (χ0n) is 14.7. The van der Waals surface area contributed by atoms with Gasteiger partial charge in [-0.25, -0.2) is 4.39 Å². The zero-order chi connectivity index (χ0) is 17.9. The van der Waals surface area contributed by atoms with Gasteiger partial charge >= 0.3 is 0 Å². The molecular formula is C19H24FIN4O. The molecule has 0 unspecified atom stereocenters. The fourth-order valence-corrected chi connectivity index (χ4v) is 2.23. The summed E-state index contributed by atoms with van der Waals surface area (Å²) in [6.07, 6.45) is 0.749. The molecule has 0 atom stereocenters. The van der Waals surface area contributed by atoms with Crippen molar-refractivity contribution in [3.05, 3.63) is 71.5 Å². The van der Waals surface area contributed by atoms with Gasteiger partial charge in [-0.3, -0.25) is 9.79 Å². The van der Waals surface area contributed by atoms with Crippen molar-refractivity contribution in [1.82, 2.24) is 16.0 Å². The minimum absolute atomic E-state index is 0. The third-order valence-electron chi connectivity index (χ3n) is 3.60. The minimum Gasteiger partial charge on any atom is -0.356 e. The van der Waals surface area contributed by atoms with Gasteiger partial charge in [-0.05, 0) is 24.6 Å². The van der Waals surface area contributed by atoms with Crippen LogP contribution in [0.15, 0.2) is 59.6 Å². The molecular weight excluding hydrogens is 446 g/mol. The van der Waals surface area contributed by atoms with Crippen LogP contribution in [0.3, 0.4) is 0 Å². The van der Waals surface area contributed by atoms with Crippen LogP contribution in [-0.4, -0.2) is 32.0 Å². The first-order chi connectivity index (χ1) is 12.2. The lowest BCUT2D eigenvalue weighted by Gasteiger charge is -2.12. The lowest BCUT2D eigenvalue weighted by atomic mass is 10.2. The first-order valence-electron chi connectivity index (χ1n) is 8.22. The predicted octanol–water partition coefficient (Wildman–Crippen LogP) is 2.93. The van der Waals surface area contributed by atoms with Crippen molar-refractivity contribution >= 4 is 35.8 Å². The van der Waals surface area contributed by atoms with Crippen LogP contribution in [0.5, 0.6) is 0 Å². The Morgan fingerprint density at radius 1 is 0.962 bits per heavy atom. The van der Waals surface area contributed by atoms with Crippen LogP contribution in [0.25, 0.3) is 0 Å². The average Bonchev–Trinajstić information content (AvgIpc) is 2.65. The Kier molecular flexibility index (Phi) is 10.3. The highest BCUT2D eigenvalue weighted by Gasteiger charge is 2.04. The Morgan fingerprint density at radius 2 is 1.62 bits per heavy atom. The summed E-state index contributed by atoms with van der Waals surface area (Å²) in [4.78, 5) is 16.0. The molecule has 0 spiro atoms. The second-order valence-electron chi connectivity index (χ2n) is 5.42. The van der Waals surface area contributed by atoms with Gasteiger partial charge in [0.2, 0.25) is 0 Å². The smallest absolute Gasteiger partial charge is 0.251 e. The highest BCUT2D eigenvalue weighted by atomic mass is 127. The van der Waals surface area contributed by atoms with Crippen molar-refractivity contribution in [2.75, 3.05) is 20.1 Å². The topological polar surface area (TPSA) is 65.5 Å². The van der Waals surface area contributed by atoms with E-state index in [1.807, 2.05) is 18.2 Å². The summed E-state index contributed by atoms with van der Waals surface area (Å²) >= 11 is 0. The molecule has 2 rings (SSSR count). The fraction of sp³-hybridized carbons (Fsp3) is 0.263. The molecule has 3 N–H and O–H groups in total. The summed E-state index contributed by atoms with van der Waals surface area (Å²) in [6, 6.07) is 15.7. The molecule has 0 bridgehead atoms. The highest BCUT2D eigenvalue weighted by molar-refractivity contribution is 14.0. The number of guanidine groups is 1. The van der Waals surface area contributed by atoms with E-state index in [1.54, 1.807) is 37.4 Å². The van der Waals surface area contributed by atoms with Gasteiger partial charge in [0.1, 0.15) is 5.82 Å². The largest absolute Gasteiger partial charge is 0.356 e. The number of nitrogens with one attached hydrogen (secondary N) is 3. The maximum Gasteiger partial charge on any atom is 0.251 e. The third kappa shape index (κ3) is 7.38. The minimum atomic E-state index is -0.242. The first-order valence-corrected chi connectivity index (χ1v) is 8.22. The molecule has 1 amide bonds. The molecule has 140 valence electrons. The van der Waals surface area contributed by atoms with E-state index in [0.717, 1.165) is 6.42 Å². The lowest BCUT2D eigenvalue weighted by molar-refractivity contribution is 0.0953. The second-order valence-corrected chi connectivity index (χ2v) is 5.42. The number of rotatable bonds is 7. The third-order valence-corrected chi connectivity index (χ3v) is 3.60. The highest BCUT2D eigenvalue weighted by Crippen LogP contribution is 2.05. The molecule has 0 aliphatic heterocycles. The van der Waals surface area contributed by atoms with Crippen LogP contribution in [0.4, 0.5) is 4.39 Å². The van der Waals surface area contributed by atoms with Gasteiger partial charge in [0.25, 0.3) is 5.91 Å². The van der Waals surface area contributed by atoms with E-state index >= 15 is 0 Å².